The summed E-state index contributed by atoms with van der Waals surface area (Å²) in [5.74, 6) is 0.0561. The molecule has 1 fully saturated rings. The molecule has 0 radical (unpaired) electrons. The van der Waals surface area contributed by atoms with Gasteiger partial charge in [0, 0.05) is 26.7 Å². The third-order valence-electron chi connectivity index (χ3n) is 3.95. The highest BCUT2D eigenvalue weighted by atomic mass is 16.5. The minimum Gasteiger partial charge on any atom is -0.481 e. The van der Waals surface area contributed by atoms with E-state index in [-0.39, 0.29) is 11.8 Å². The number of aliphatic carboxylic acids is 1. The van der Waals surface area contributed by atoms with E-state index >= 15 is 0 Å². The van der Waals surface area contributed by atoms with Crippen LogP contribution in [0, 0.1) is 18.8 Å². The highest BCUT2D eigenvalue weighted by Crippen LogP contribution is 2.29. The summed E-state index contributed by atoms with van der Waals surface area (Å²) in [6.07, 6.45) is 0. The van der Waals surface area contributed by atoms with E-state index in [0.29, 0.717) is 0 Å². The monoisotopic (exact) mass is 267 g/mol. The number of methoxy groups -OCH3 is 1. The van der Waals surface area contributed by atoms with Gasteiger partial charge in [-0.1, -0.05) is 6.92 Å². The first kappa shape index (κ1) is 13.9. The second kappa shape index (κ2) is 5.21. The molecule has 6 nitrogen and oxygen atoms in total. The van der Waals surface area contributed by atoms with Gasteiger partial charge in [-0.15, -0.1) is 0 Å². The van der Waals surface area contributed by atoms with Crippen molar-refractivity contribution < 1.29 is 14.6 Å². The van der Waals surface area contributed by atoms with Gasteiger partial charge in [0.25, 0.3) is 0 Å². The average molecular weight is 267 g/mol. The van der Waals surface area contributed by atoms with Crippen LogP contribution in [0.1, 0.15) is 18.2 Å². The number of carbonyl (C=O) groups is 1. The van der Waals surface area contributed by atoms with Gasteiger partial charge < -0.3 is 9.84 Å². The molecule has 2 rings (SSSR count). The zero-order valence-corrected chi connectivity index (χ0v) is 11.9. The fourth-order valence-electron chi connectivity index (χ4n) is 2.60. The lowest BCUT2D eigenvalue weighted by Crippen LogP contribution is -2.50. The Morgan fingerprint density at radius 2 is 2.21 bits per heavy atom. The minimum absolute atomic E-state index is 0.250. The maximum atomic E-state index is 10.9. The van der Waals surface area contributed by atoms with Gasteiger partial charge in [-0.2, -0.15) is 5.10 Å². The van der Waals surface area contributed by atoms with E-state index in [0.717, 1.165) is 36.8 Å². The lowest BCUT2D eigenvalue weighted by atomic mass is 9.87. The van der Waals surface area contributed by atoms with Gasteiger partial charge in [-0.25, -0.2) is 4.68 Å². The molecule has 0 aromatic carbocycles. The van der Waals surface area contributed by atoms with Crippen LogP contribution in [-0.4, -0.2) is 46.0 Å². The molecule has 0 bridgehead atoms. The van der Waals surface area contributed by atoms with Crippen molar-refractivity contribution in [3.8, 4) is 5.88 Å². The molecule has 1 saturated heterocycles. The van der Waals surface area contributed by atoms with E-state index < -0.39 is 5.97 Å². The normalized spacial score (nSPS) is 18.1. The maximum Gasteiger partial charge on any atom is 0.306 e. The SMILES string of the molecule is COc1c(CN2CC(C(C)C(=O)O)C2)c(C)nn1C. The van der Waals surface area contributed by atoms with Gasteiger partial charge in [0.15, 0.2) is 0 Å². The third kappa shape index (κ3) is 2.58. The van der Waals surface area contributed by atoms with Crippen LogP contribution in [0.15, 0.2) is 0 Å². The standard InChI is InChI=1S/C13H21N3O3/c1-8(13(17)18)10-5-16(6-10)7-11-9(2)14-15(3)12(11)19-4/h8,10H,5-7H2,1-4H3,(H,17,18). The van der Waals surface area contributed by atoms with Crippen molar-refractivity contribution in [2.24, 2.45) is 18.9 Å². The first-order valence-electron chi connectivity index (χ1n) is 6.45. The molecular weight excluding hydrogens is 246 g/mol. The van der Waals surface area contributed by atoms with Gasteiger partial charge in [-0.3, -0.25) is 9.69 Å². The highest BCUT2D eigenvalue weighted by molar-refractivity contribution is 5.70. The molecule has 0 amide bonds. The quantitative estimate of drug-likeness (QED) is 0.858. The number of hydrogen-bond donors (Lipinski definition) is 1. The number of nitrogens with zero attached hydrogens (tertiary/aromatic N) is 3. The van der Waals surface area contributed by atoms with Gasteiger partial charge in [0.05, 0.1) is 24.3 Å². The lowest BCUT2D eigenvalue weighted by molar-refractivity contribution is -0.145. The van der Waals surface area contributed by atoms with Gasteiger partial charge in [0.2, 0.25) is 5.88 Å². The Morgan fingerprint density at radius 1 is 1.58 bits per heavy atom. The van der Waals surface area contributed by atoms with E-state index in [9.17, 15) is 4.79 Å². The molecule has 0 saturated carbocycles. The molecule has 1 atom stereocenters. The smallest absolute Gasteiger partial charge is 0.306 e. The molecule has 19 heavy (non-hydrogen) atoms. The van der Waals surface area contributed by atoms with E-state index in [1.165, 1.54) is 0 Å². The molecule has 6 heteroatoms. The lowest BCUT2D eigenvalue weighted by Gasteiger charge is -2.41. The van der Waals surface area contributed by atoms with E-state index in [1.807, 2.05) is 14.0 Å². The number of rotatable bonds is 5. The Labute approximate surface area is 113 Å². The summed E-state index contributed by atoms with van der Waals surface area (Å²) in [7, 11) is 3.51. The van der Waals surface area contributed by atoms with E-state index in [1.54, 1.807) is 18.7 Å². The van der Waals surface area contributed by atoms with Gasteiger partial charge in [-0.05, 0) is 12.8 Å². The predicted molar refractivity (Wildman–Crippen MR) is 70.1 cm³/mol. The second-order valence-electron chi connectivity index (χ2n) is 5.28. The summed E-state index contributed by atoms with van der Waals surface area (Å²) in [5.41, 5.74) is 2.06. The van der Waals surface area contributed by atoms with E-state index in [2.05, 4.69) is 10.00 Å². The number of carboxylic acid groups (broad SMARTS) is 1. The zero-order chi connectivity index (χ0) is 14.2. The summed E-state index contributed by atoms with van der Waals surface area (Å²) >= 11 is 0. The number of carboxylic acids is 1. The van der Waals surface area contributed by atoms with Crippen LogP contribution >= 0.6 is 0 Å². The molecule has 1 aromatic heterocycles. The van der Waals surface area contributed by atoms with Crippen LogP contribution in [0.3, 0.4) is 0 Å². The van der Waals surface area contributed by atoms with Gasteiger partial charge >= 0.3 is 5.97 Å². The first-order valence-corrected chi connectivity index (χ1v) is 6.45. The maximum absolute atomic E-state index is 10.9. The minimum atomic E-state index is -0.709. The van der Waals surface area contributed by atoms with Crippen LogP contribution in [0.2, 0.25) is 0 Å². The zero-order valence-electron chi connectivity index (χ0n) is 11.9. The van der Waals surface area contributed by atoms with Crippen molar-refractivity contribution in [1.29, 1.82) is 0 Å². The molecule has 2 heterocycles. The summed E-state index contributed by atoms with van der Waals surface area (Å²) in [4.78, 5) is 13.1. The predicted octanol–water partition coefficient (Wildman–Crippen LogP) is 0.890. The Morgan fingerprint density at radius 3 is 2.74 bits per heavy atom. The summed E-state index contributed by atoms with van der Waals surface area (Å²) in [6, 6.07) is 0. The highest BCUT2D eigenvalue weighted by Gasteiger charge is 2.35. The number of ether oxygens (including phenoxy) is 1. The van der Waals surface area contributed by atoms with Crippen molar-refractivity contribution in [1.82, 2.24) is 14.7 Å². The Bertz CT molecular complexity index is 478. The molecule has 0 spiro atoms. The topological polar surface area (TPSA) is 67.6 Å². The summed E-state index contributed by atoms with van der Waals surface area (Å²) in [5, 5.41) is 13.3. The summed E-state index contributed by atoms with van der Waals surface area (Å²) < 4.78 is 7.10. The van der Waals surface area contributed by atoms with Crippen molar-refractivity contribution in [3.05, 3.63) is 11.3 Å². The van der Waals surface area contributed by atoms with Crippen LogP contribution in [0.25, 0.3) is 0 Å². The molecule has 1 aliphatic heterocycles. The van der Waals surface area contributed by atoms with Crippen LogP contribution in [-0.2, 0) is 18.4 Å². The van der Waals surface area contributed by atoms with Crippen molar-refractivity contribution in [2.45, 2.75) is 20.4 Å². The molecule has 1 aliphatic rings. The molecule has 106 valence electrons. The largest absolute Gasteiger partial charge is 0.481 e. The summed E-state index contributed by atoms with van der Waals surface area (Å²) in [6.45, 7) is 6.16. The first-order chi connectivity index (χ1) is 8.93. The van der Waals surface area contributed by atoms with Crippen molar-refractivity contribution in [2.75, 3.05) is 20.2 Å². The van der Waals surface area contributed by atoms with Crippen molar-refractivity contribution in [3.63, 3.8) is 0 Å². The Hall–Kier alpha value is -1.56. The van der Waals surface area contributed by atoms with Crippen molar-refractivity contribution >= 4 is 5.97 Å². The molecule has 1 aromatic rings. The number of aryl methyl sites for hydroxylation is 2. The fraction of sp³-hybridized carbons (Fsp3) is 0.692. The number of hydrogen-bond acceptors (Lipinski definition) is 4. The molecule has 1 unspecified atom stereocenters. The number of likely N-dealkylation sites (tertiary alicyclic amines) is 1. The fourth-order valence-corrected chi connectivity index (χ4v) is 2.60. The van der Waals surface area contributed by atoms with Crippen LogP contribution < -0.4 is 4.74 Å². The molecular formula is C13H21N3O3. The average Bonchev–Trinajstić information content (AvgIpc) is 2.56. The van der Waals surface area contributed by atoms with Crippen LogP contribution in [0.5, 0.6) is 5.88 Å². The Kier molecular flexibility index (Phi) is 3.80. The van der Waals surface area contributed by atoms with Gasteiger partial charge in [0.1, 0.15) is 0 Å². The Balaban J connectivity index is 1.96. The van der Waals surface area contributed by atoms with E-state index in [4.69, 9.17) is 9.84 Å². The third-order valence-corrected chi connectivity index (χ3v) is 3.95. The molecule has 0 aliphatic carbocycles. The molecule has 1 N–H and O–H groups in total. The van der Waals surface area contributed by atoms with Crippen LogP contribution in [0.4, 0.5) is 0 Å². The number of aromatic nitrogens is 2. The second-order valence-corrected chi connectivity index (χ2v) is 5.28.